The molecule has 0 radical (unpaired) electrons. The van der Waals surface area contributed by atoms with Crippen molar-refractivity contribution in [3.05, 3.63) is 70.2 Å². The van der Waals surface area contributed by atoms with E-state index in [-0.39, 0.29) is 17.7 Å². The Morgan fingerprint density at radius 1 is 1.15 bits per heavy atom. The fraction of sp³-hybridized carbons (Fsp3) is 0.381. The number of carbonyl (C=O) groups is 1. The van der Waals surface area contributed by atoms with Crippen LogP contribution >= 0.6 is 15.9 Å². The normalized spacial score (nSPS) is 28.7. The number of cyclic esters (lactones) is 1. The van der Waals surface area contributed by atoms with Crippen molar-refractivity contribution in [2.75, 3.05) is 13.2 Å². The van der Waals surface area contributed by atoms with Gasteiger partial charge in [-0.15, -0.1) is 0 Å². The molecule has 0 aromatic heterocycles. The predicted molar refractivity (Wildman–Crippen MR) is 103 cm³/mol. The van der Waals surface area contributed by atoms with Crippen LogP contribution in [0.2, 0.25) is 0 Å². The van der Waals surface area contributed by atoms with E-state index in [9.17, 15) is 4.79 Å². The molecule has 0 spiro atoms. The molecule has 2 heterocycles. The third-order valence-electron chi connectivity index (χ3n) is 5.36. The minimum absolute atomic E-state index is 0.0610. The molecule has 2 unspecified atom stereocenters. The summed E-state index contributed by atoms with van der Waals surface area (Å²) in [6, 6.07) is 18.0. The number of carbonyl (C=O) groups excluding carboxylic acids is 1. The first-order chi connectivity index (χ1) is 12.4. The molecule has 2 aromatic carbocycles. The monoisotopic (exact) mass is 415 g/mol. The van der Waals surface area contributed by atoms with Crippen LogP contribution in [-0.4, -0.2) is 29.7 Å². The Balaban J connectivity index is 1.65. The molecule has 26 heavy (non-hydrogen) atoms. The molecule has 2 aromatic rings. The maximum atomic E-state index is 12.8. The molecule has 0 N–H and O–H groups in total. The van der Waals surface area contributed by atoms with E-state index in [1.165, 1.54) is 0 Å². The Bertz CT molecular complexity index is 804. The van der Waals surface area contributed by atoms with Crippen molar-refractivity contribution < 1.29 is 14.3 Å². The fourth-order valence-corrected chi connectivity index (χ4v) is 3.99. The molecule has 2 fully saturated rings. The molecule has 5 heteroatoms. The standard InChI is InChI=1S/C21H22BrNO3/c1-15(16-8-10-18(22)11-9-16)23-13-21(26-19(23)24,12-20(2)14-25-20)17-6-4-3-5-7-17/h3-11,15H,12-14H2,1-2H3/t15-,20?,21?/m0/s1. The Kier molecular flexibility index (Phi) is 4.32. The molecule has 2 aliphatic rings. The minimum Gasteiger partial charge on any atom is -0.436 e. The summed E-state index contributed by atoms with van der Waals surface area (Å²) < 4.78 is 12.7. The first-order valence-corrected chi connectivity index (χ1v) is 9.65. The largest absolute Gasteiger partial charge is 0.436 e. The van der Waals surface area contributed by atoms with Gasteiger partial charge in [0, 0.05) is 10.9 Å². The number of hydrogen-bond acceptors (Lipinski definition) is 3. The van der Waals surface area contributed by atoms with E-state index in [1.54, 1.807) is 0 Å². The van der Waals surface area contributed by atoms with E-state index in [0.29, 0.717) is 19.6 Å². The highest BCUT2D eigenvalue weighted by Crippen LogP contribution is 2.46. The zero-order chi connectivity index (χ0) is 18.4. The average Bonchev–Trinajstić information content (AvgIpc) is 3.26. The van der Waals surface area contributed by atoms with Crippen LogP contribution in [0.5, 0.6) is 0 Å². The van der Waals surface area contributed by atoms with Crippen LogP contribution in [0.4, 0.5) is 4.79 Å². The second-order valence-electron chi connectivity index (χ2n) is 7.50. The Hall–Kier alpha value is -1.85. The summed E-state index contributed by atoms with van der Waals surface area (Å²) in [6.07, 6.45) is 0.396. The van der Waals surface area contributed by atoms with E-state index in [0.717, 1.165) is 15.6 Å². The molecule has 4 rings (SSSR count). The lowest BCUT2D eigenvalue weighted by Gasteiger charge is -2.30. The van der Waals surface area contributed by atoms with Gasteiger partial charge in [-0.05, 0) is 37.1 Å². The quantitative estimate of drug-likeness (QED) is 0.642. The summed E-state index contributed by atoms with van der Waals surface area (Å²) in [7, 11) is 0. The van der Waals surface area contributed by atoms with Crippen LogP contribution in [-0.2, 0) is 15.1 Å². The summed E-state index contributed by atoms with van der Waals surface area (Å²) in [5.41, 5.74) is 1.22. The highest BCUT2D eigenvalue weighted by molar-refractivity contribution is 9.10. The minimum atomic E-state index is -0.673. The van der Waals surface area contributed by atoms with Crippen molar-refractivity contribution >= 4 is 22.0 Å². The lowest BCUT2D eigenvalue weighted by molar-refractivity contribution is 0.0279. The Morgan fingerprint density at radius 2 is 1.81 bits per heavy atom. The smallest absolute Gasteiger partial charge is 0.411 e. The second-order valence-corrected chi connectivity index (χ2v) is 8.41. The van der Waals surface area contributed by atoms with Gasteiger partial charge in [-0.3, -0.25) is 4.90 Å². The molecular weight excluding hydrogens is 394 g/mol. The van der Waals surface area contributed by atoms with Crippen LogP contribution in [0.3, 0.4) is 0 Å². The van der Waals surface area contributed by atoms with Gasteiger partial charge in [-0.1, -0.05) is 58.4 Å². The lowest BCUT2D eigenvalue weighted by Crippen LogP contribution is -2.37. The molecule has 3 atom stereocenters. The number of nitrogens with zero attached hydrogens (tertiary/aromatic N) is 1. The SMILES string of the molecule is C[C@@H](c1ccc(Br)cc1)N1CC(CC2(C)CO2)(c2ccccc2)OC1=O. The maximum Gasteiger partial charge on any atom is 0.411 e. The highest BCUT2D eigenvalue weighted by Gasteiger charge is 2.55. The average molecular weight is 416 g/mol. The third kappa shape index (κ3) is 3.26. The van der Waals surface area contributed by atoms with E-state index in [1.807, 2.05) is 66.4 Å². The summed E-state index contributed by atoms with van der Waals surface area (Å²) in [5, 5.41) is 0. The molecule has 2 aliphatic heterocycles. The van der Waals surface area contributed by atoms with Crippen molar-refractivity contribution in [1.29, 1.82) is 0 Å². The molecular formula is C21H22BrNO3. The van der Waals surface area contributed by atoms with Gasteiger partial charge in [0.15, 0.2) is 5.60 Å². The van der Waals surface area contributed by atoms with Crippen LogP contribution < -0.4 is 0 Å². The van der Waals surface area contributed by atoms with Gasteiger partial charge in [0.1, 0.15) is 0 Å². The maximum absolute atomic E-state index is 12.8. The van der Waals surface area contributed by atoms with Crippen LogP contribution in [0.1, 0.15) is 37.4 Å². The van der Waals surface area contributed by atoms with Gasteiger partial charge in [0.25, 0.3) is 0 Å². The fourth-order valence-electron chi connectivity index (χ4n) is 3.73. The van der Waals surface area contributed by atoms with E-state index in [4.69, 9.17) is 9.47 Å². The number of amides is 1. The summed E-state index contributed by atoms with van der Waals surface area (Å²) in [6.45, 7) is 5.35. The number of ether oxygens (including phenoxy) is 2. The van der Waals surface area contributed by atoms with Crippen molar-refractivity contribution in [3.63, 3.8) is 0 Å². The van der Waals surface area contributed by atoms with Crippen molar-refractivity contribution in [2.45, 2.75) is 37.5 Å². The first-order valence-electron chi connectivity index (χ1n) is 8.85. The Labute approximate surface area is 162 Å². The van der Waals surface area contributed by atoms with Gasteiger partial charge in [0.05, 0.1) is 24.8 Å². The molecule has 0 aliphatic carbocycles. The van der Waals surface area contributed by atoms with Gasteiger partial charge >= 0.3 is 6.09 Å². The molecule has 1 amide bonds. The predicted octanol–water partition coefficient (Wildman–Crippen LogP) is 5.04. The number of rotatable bonds is 5. The number of benzene rings is 2. The summed E-state index contributed by atoms with van der Waals surface area (Å²) in [4.78, 5) is 14.6. The summed E-state index contributed by atoms with van der Waals surface area (Å²) in [5.74, 6) is 0. The van der Waals surface area contributed by atoms with Crippen molar-refractivity contribution in [2.24, 2.45) is 0 Å². The van der Waals surface area contributed by atoms with Gasteiger partial charge in [0.2, 0.25) is 0 Å². The van der Waals surface area contributed by atoms with E-state index in [2.05, 4.69) is 22.9 Å². The zero-order valence-electron chi connectivity index (χ0n) is 14.9. The topological polar surface area (TPSA) is 42.1 Å². The molecule has 0 saturated carbocycles. The third-order valence-corrected chi connectivity index (χ3v) is 5.89. The van der Waals surface area contributed by atoms with Gasteiger partial charge in [-0.25, -0.2) is 4.79 Å². The molecule has 4 nitrogen and oxygen atoms in total. The summed E-state index contributed by atoms with van der Waals surface area (Å²) >= 11 is 3.46. The Morgan fingerprint density at radius 3 is 2.42 bits per heavy atom. The number of epoxide rings is 1. The van der Waals surface area contributed by atoms with Gasteiger partial charge in [-0.2, -0.15) is 0 Å². The van der Waals surface area contributed by atoms with Crippen LogP contribution in [0.15, 0.2) is 59.1 Å². The lowest BCUT2D eigenvalue weighted by atomic mass is 9.84. The van der Waals surface area contributed by atoms with Gasteiger partial charge < -0.3 is 9.47 Å². The highest BCUT2D eigenvalue weighted by atomic mass is 79.9. The van der Waals surface area contributed by atoms with E-state index < -0.39 is 5.60 Å². The zero-order valence-corrected chi connectivity index (χ0v) is 16.5. The number of halogens is 1. The van der Waals surface area contributed by atoms with Crippen molar-refractivity contribution in [3.8, 4) is 0 Å². The van der Waals surface area contributed by atoms with Crippen LogP contribution in [0, 0.1) is 0 Å². The van der Waals surface area contributed by atoms with Crippen LogP contribution in [0.25, 0.3) is 0 Å². The molecule has 2 saturated heterocycles. The van der Waals surface area contributed by atoms with E-state index >= 15 is 0 Å². The molecule has 136 valence electrons. The van der Waals surface area contributed by atoms with Crippen molar-refractivity contribution in [1.82, 2.24) is 4.90 Å². The number of hydrogen-bond donors (Lipinski definition) is 0. The second kappa shape index (κ2) is 6.39. The first kappa shape index (κ1) is 17.6. The molecule has 0 bridgehead atoms.